The summed E-state index contributed by atoms with van der Waals surface area (Å²) in [6.07, 6.45) is 2.28. The fourth-order valence-corrected chi connectivity index (χ4v) is 4.24. The SMILES string of the molecule is c1ccc([C@H]2[C@@H]3CCc4ccccc4C3=NN2c2ccccc2)cc1. The number of nitrogens with zero attached hydrogens (tertiary/aromatic N) is 2. The lowest BCUT2D eigenvalue weighted by Crippen LogP contribution is -2.28. The van der Waals surface area contributed by atoms with Crippen molar-refractivity contribution in [2.45, 2.75) is 18.9 Å². The van der Waals surface area contributed by atoms with Gasteiger partial charge in [0, 0.05) is 11.5 Å². The summed E-state index contributed by atoms with van der Waals surface area (Å²) in [7, 11) is 0. The van der Waals surface area contributed by atoms with Gasteiger partial charge in [-0.05, 0) is 36.1 Å². The second kappa shape index (κ2) is 5.89. The van der Waals surface area contributed by atoms with E-state index < -0.39 is 0 Å². The zero-order valence-corrected chi connectivity index (χ0v) is 14.0. The van der Waals surface area contributed by atoms with Crippen LogP contribution in [0.1, 0.15) is 29.2 Å². The third kappa shape index (κ3) is 2.37. The molecule has 0 unspecified atom stereocenters. The first-order valence-corrected chi connectivity index (χ1v) is 8.98. The molecule has 3 aromatic carbocycles. The highest BCUT2D eigenvalue weighted by Gasteiger charge is 2.41. The molecule has 1 heterocycles. The predicted octanol–water partition coefficient (Wildman–Crippen LogP) is 5.21. The van der Waals surface area contributed by atoms with E-state index in [9.17, 15) is 0 Å². The van der Waals surface area contributed by atoms with E-state index >= 15 is 0 Å². The average molecular weight is 324 g/mol. The number of aryl methyl sites for hydroxylation is 1. The van der Waals surface area contributed by atoms with Gasteiger partial charge in [-0.25, -0.2) is 0 Å². The zero-order chi connectivity index (χ0) is 16.6. The zero-order valence-electron chi connectivity index (χ0n) is 14.0. The van der Waals surface area contributed by atoms with Gasteiger partial charge in [0.1, 0.15) is 0 Å². The lowest BCUT2D eigenvalue weighted by Gasteiger charge is -2.30. The number of benzene rings is 3. The Balaban J connectivity index is 1.66. The van der Waals surface area contributed by atoms with Gasteiger partial charge in [-0.1, -0.05) is 72.8 Å². The van der Waals surface area contributed by atoms with Crippen molar-refractivity contribution in [1.82, 2.24) is 0 Å². The van der Waals surface area contributed by atoms with Gasteiger partial charge in [-0.15, -0.1) is 0 Å². The quantitative estimate of drug-likeness (QED) is 0.631. The third-order valence-corrected chi connectivity index (χ3v) is 5.39. The Morgan fingerprint density at radius 2 is 1.44 bits per heavy atom. The normalized spacial score (nSPS) is 21.4. The van der Waals surface area contributed by atoms with Crippen LogP contribution in [0.15, 0.2) is 90.0 Å². The van der Waals surface area contributed by atoms with E-state index in [0.29, 0.717) is 5.92 Å². The minimum Gasteiger partial charge on any atom is -0.257 e. The molecule has 0 aromatic heterocycles. The molecule has 0 bridgehead atoms. The van der Waals surface area contributed by atoms with Crippen LogP contribution in [0.25, 0.3) is 0 Å². The summed E-state index contributed by atoms with van der Waals surface area (Å²) in [5, 5.41) is 7.36. The van der Waals surface area contributed by atoms with Crippen LogP contribution in [0.5, 0.6) is 0 Å². The number of fused-ring (bicyclic) bond motifs is 3. The Bertz CT molecular complexity index is 915. The van der Waals surface area contributed by atoms with Gasteiger partial charge in [0.15, 0.2) is 0 Å². The molecule has 25 heavy (non-hydrogen) atoms. The monoisotopic (exact) mass is 324 g/mol. The molecule has 2 aliphatic rings. The van der Waals surface area contributed by atoms with Crippen molar-refractivity contribution in [2.75, 3.05) is 5.01 Å². The van der Waals surface area contributed by atoms with E-state index in [-0.39, 0.29) is 6.04 Å². The Hall–Kier alpha value is -2.87. The van der Waals surface area contributed by atoms with Crippen LogP contribution >= 0.6 is 0 Å². The smallest absolute Gasteiger partial charge is 0.0860 e. The third-order valence-electron chi connectivity index (χ3n) is 5.39. The highest BCUT2D eigenvalue weighted by atomic mass is 15.5. The summed E-state index contributed by atoms with van der Waals surface area (Å²) in [4.78, 5) is 0. The first-order chi connectivity index (χ1) is 12.4. The summed E-state index contributed by atoms with van der Waals surface area (Å²) < 4.78 is 0. The molecule has 2 nitrogen and oxygen atoms in total. The standard InChI is InChI=1S/C23H20N2/c1-3-10-18(11-4-1)23-21-16-15-17-9-7-8-14-20(17)22(21)24-25(23)19-12-5-2-6-13-19/h1-14,21,23H,15-16H2/t21-,23+/m1/s1. The van der Waals surface area contributed by atoms with Gasteiger partial charge in [0.2, 0.25) is 0 Å². The van der Waals surface area contributed by atoms with Crippen molar-refractivity contribution in [3.05, 3.63) is 102 Å². The largest absolute Gasteiger partial charge is 0.257 e. The molecule has 1 aliphatic heterocycles. The first-order valence-electron chi connectivity index (χ1n) is 8.98. The van der Waals surface area contributed by atoms with E-state index in [1.165, 1.54) is 22.4 Å². The number of hydrogen-bond acceptors (Lipinski definition) is 2. The van der Waals surface area contributed by atoms with Gasteiger partial charge < -0.3 is 0 Å². The molecule has 1 aliphatic carbocycles. The van der Waals surface area contributed by atoms with Crippen molar-refractivity contribution in [1.29, 1.82) is 0 Å². The number of para-hydroxylation sites is 1. The van der Waals surface area contributed by atoms with Crippen LogP contribution in [0, 0.1) is 5.92 Å². The van der Waals surface area contributed by atoms with Crippen LogP contribution in [0.2, 0.25) is 0 Å². The number of hydrazone groups is 1. The highest BCUT2D eigenvalue weighted by molar-refractivity contribution is 6.07. The summed E-state index contributed by atoms with van der Waals surface area (Å²) in [6, 6.07) is 30.4. The molecule has 0 fully saturated rings. The van der Waals surface area contributed by atoms with Gasteiger partial charge in [0.25, 0.3) is 0 Å². The summed E-state index contributed by atoms with van der Waals surface area (Å²) >= 11 is 0. The number of rotatable bonds is 2. The minimum absolute atomic E-state index is 0.270. The molecule has 0 amide bonds. The average Bonchev–Trinajstić information content (AvgIpc) is 3.09. The maximum Gasteiger partial charge on any atom is 0.0860 e. The van der Waals surface area contributed by atoms with Crippen LogP contribution < -0.4 is 5.01 Å². The van der Waals surface area contributed by atoms with E-state index in [0.717, 1.165) is 18.5 Å². The van der Waals surface area contributed by atoms with Gasteiger partial charge in [-0.2, -0.15) is 5.10 Å². The van der Waals surface area contributed by atoms with Crippen LogP contribution in [-0.2, 0) is 6.42 Å². The molecule has 3 aromatic rings. The van der Waals surface area contributed by atoms with E-state index in [4.69, 9.17) is 5.10 Å². The molecular formula is C23H20N2. The summed E-state index contributed by atoms with van der Waals surface area (Å²) in [5.74, 6) is 0.442. The van der Waals surface area contributed by atoms with E-state index in [1.54, 1.807) is 0 Å². The molecule has 0 spiro atoms. The van der Waals surface area contributed by atoms with Crippen molar-refractivity contribution in [3.8, 4) is 0 Å². The number of anilines is 1. The van der Waals surface area contributed by atoms with Crippen molar-refractivity contribution in [3.63, 3.8) is 0 Å². The molecule has 0 saturated carbocycles. The highest BCUT2D eigenvalue weighted by Crippen LogP contribution is 2.45. The van der Waals surface area contributed by atoms with Crippen molar-refractivity contribution >= 4 is 11.4 Å². The summed E-state index contributed by atoms with van der Waals surface area (Å²) in [5.41, 5.74) is 6.52. The van der Waals surface area contributed by atoms with Gasteiger partial charge >= 0.3 is 0 Å². The van der Waals surface area contributed by atoms with E-state index in [2.05, 4.69) is 89.9 Å². The lowest BCUT2D eigenvalue weighted by molar-refractivity contribution is 0.510. The van der Waals surface area contributed by atoms with Crippen molar-refractivity contribution < 1.29 is 0 Å². The first kappa shape index (κ1) is 14.5. The fourth-order valence-electron chi connectivity index (χ4n) is 4.24. The maximum absolute atomic E-state index is 5.13. The topological polar surface area (TPSA) is 15.6 Å². The second-order valence-corrected chi connectivity index (χ2v) is 6.82. The Labute approximate surface area is 148 Å². The van der Waals surface area contributed by atoms with E-state index in [1.807, 2.05) is 0 Å². The molecule has 2 heteroatoms. The fraction of sp³-hybridized carbons (Fsp3) is 0.174. The predicted molar refractivity (Wildman–Crippen MR) is 103 cm³/mol. The molecule has 0 N–H and O–H groups in total. The Morgan fingerprint density at radius 1 is 0.760 bits per heavy atom. The maximum atomic E-state index is 5.13. The second-order valence-electron chi connectivity index (χ2n) is 6.82. The lowest BCUT2D eigenvalue weighted by atomic mass is 9.77. The van der Waals surface area contributed by atoms with Crippen LogP contribution in [0.4, 0.5) is 5.69 Å². The minimum atomic E-state index is 0.270. The molecule has 0 radical (unpaired) electrons. The Kier molecular flexibility index (Phi) is 3.41. The van der Waals surface area contributed by atoms with Gasteiger partial charge in [-0.3, -0.25) is 5.01 Å². The number of hydrogen-bond donors (Lipinski definition) is 0. The molecule has 5 rings (SSSR count). The van der Waals surface area contributed by atoms with Gasteiger partial charge in [0.05, 0.1) is 17.4 Å². The molecule has 122 valence electrons. The van der Waals surface area contributed by atoms with Crippen LogP contribution in [-0.4, -0.2) is 5.71 Å². The summed E-state index contributed by atoms with van der Waals surface area (Å²) in [6.45, 7) is 0. The Morgan fingerprint density at radius 3 is 2.24 bits per heavy atom. The molecular weight excluding hydrogens is 304 g/mol. The molecule has 0 saturated heterocycles. The van der Waals surface area contributed by atoms with Crippen molar-refractivity contribution in [2.24, 2.45) is 11.0 Å². The molecule has 2 atom stereocenters. The van der Waals surface area contributed by atoms with Crippen LogP contribution in [0.3, 0.4) is 0 Å².